The van der Waals surface area contributed by atoms with Crippen molar-refractivity contribution in [2.45, 2.75) is 43.7 Å². The number of fused-ring (bicyclic) bond motifs is 1. The highest BCUT2D eigenvalue weighted by Crippen LogP contribution is 2.30. The predicted octanol–water partition coefficient (Wildman–Crippen LogP) is 1.99. The average Bonchev–Trinajstić information content (AvgIpc) is 2.87. The smallest absolute Gasteiger partial charge is 0.243 e. The fourth-order valence-corrected chi connectivity index (χ4v) is 5.37. The topological polar surface area (TPSA) is 40.6 Å². The highest BCUT2D eigenvalue weighted by Gasteiger charge is 2.40. The van der Waals surface area contributed by atoms with Crippen LogP contribution in [0, 0.1) is 12.7 Å². The molecule has 0 saturated carbocycles. The molecule has 2 aliphatic rings. The van der Waals surface area contributed by atoms with Crippen LogP contribution in [0.4, 0.5) is 4.39 Å². The Bertz CT molecular complexity index is 647. The maximum Gasteiger partial charge on any atom is 0.243 e. The molecule has 2 aliphatic heterocycles. The van der Waals surface area contributed by atoms with Crippen LogP contribution in [-0.2, 0) is 10.0 Å². The van der Waals surface area contributed by atoms with E-state index in [1.165, 1.54) is 12.1 Å². The fraction of sp³-hybridized carbons (Fsp3) is 0.600. The van der Waals surface area contributed by atoms with Crippen molar-refractivity contribution < 1.29 is 12.8 Å². The molecule has 3 rings (SSSR count). The Morgan fingerprint density at radius 2 is 2.05 bits per heavy atom. The summed E-state index contributed by atoms with van der Waals surface area (Å²) < 4.78 is 40.8. The van der Waals surface area contributed by atoms with Crippen molar-refractivity contribution in [3.63, 3.8) is 0 Å². The second kappa shape index (κ2) is 5.34. The van der Waals surface area contributed by atoms with Gasteiger partial charge in [-0.1, -0.05) is 6.07 Å². The van der Waals surface area contributed by atoms with Crippen LogP contribution in [0.1, 0.15) is 25.3 Å². The number of hydrogen-bond acceptors (Lipinski definition) is 3. The summed E-state index contributed by atoms with van der Waals surface area (Å²) in [5.74, 6) is -0.508. The van der Waals surface area contributed by atoms with Gasteiger partial charge in [-0.15, -0.1) is 0 Å². The van der Waals surface area contributed by atoms with E-state index < -0.39 is 15.8 Å². The molecule has 116 valence electrons. The average molecular weight is 312 g/mol. The normalized spacial score (nSPS) is 27.8. The Kier molecular flexibility index (Phi) is 3.80. The van der Waals surface area contributed by atoms with Gasteiger partial charge in [0.25, 0.3) is 0 Å². The quantitative estimate of drug-likeness (QED) is 0.838. The van der Waals surface area contributed by atoms with Crippen molar-refractivity contribution in [3.05, 3.63) is 29.6 Å². The summed E-state index contributed by atoms with van der Waals surface area (Å²) in [6, 6.07) is 4.20. The summed E-state index contributed by atoms with van der Waals surface area (Å²) >= 11 is 0. The van der Waals surface area contributed by atoms with Crippen molar-refractivity contribution >= 4 is 10.0 Å². The molecule has 0 aromatic heterocycles. The number of hydrogen-bond donors (Lipinski definition) is 0. The molecule has 0 aliphatic carbocycles. The lowest BCUT2D eigenvalue weighted by atomic mass is 10.1. The van der Waals surface area contributed by atoms with Gasteiger partial charge in [-0.25, -0.2) is 12.8 Å². The Hall–Kier alpha value is -0.980. The summed E-state index contributed by atoms with van der Waals surface area (Å²) in [4.78, 5) is 2.47. The molecular formula is C15H21FN2O2S. The van der Waals surface area contributed by atoms with Crippen molar-refractivity contribution in [2.75, 3.05) is 19.6 Å². The lowest BCUT2D eigenvalue weighted by Crippen LogP contribution is -2.56. The third kappa shape index (κ3) is 2.60. The molecule has 2 saturated heterocycles. The van der Waals surface area contributed by atoms with Crippen LogP contribution in [0.2, 0.25) is 0 Å². The Labute approximate surface area is 125 Å². The molecule has 0 bridgehead atoms. The van der Waals surface area contributed by atoms with E-state index in [0.717, 1.165) is 32.0 Å². The minimum Gasteiger partial charge on any atom is -0.297 e. The van der Waals surface area contributed by atoms with E-state index in [4.69, 9.17) is 0 Å². The largest absolute Gasteiger partial charge is 0.297 e. The number of sulfonamides is 1. The zero-order chi connectivity index (χ0) is 15.2. The monoisotopic (exact) mass is 312 g/mol. The molecule has 0 N–H and O–H groups in total. The van der Waals surface area contributed by atoms with Crippen LogP contribution < -0.4 is 0 Å². The van der Waals surface area contributed by atoms with Gasteiger partial charge in [0.1, 0.15) is 5.82 Å². The van der Waals surface area contributed by atoms with Crippen LogP contribution in [0.25, 0.3) is 0 Å². The summed E-state index contributed by atoms with van der Waals surface area (Å²) in [6.45, 7) is 5.98. The van der Waals surface area contributed by atoms with Crippen LogP contribution in [0.15, 0.2) is 23.1 Å². The number of rotatable bonds is 2. The summed E-state index contributed by atoms with van der Waals surface area (Å²) in [7, 11) is -3.64. The molecule has 4 nitrogen and oxygen atoms in total. The molecule has 21 heavy (non-hydrogen) atoms. The summed E-state index contributed by atoms with van der Waals surface area (Å²) in [5, 5.41) is 0. The molecule has 2 atom stereocenters. The molecule has 2 fully saturated rings. The first-order valence-electron chi connectivity index (χ1n) is 7.41. The molecule has 0 radical (unpaired) electrons. The SMILES string of the molecule is Cc1ccc(F)cc1S(=O)(=O)N1CC2CCCN2CC1C. The van der Waals surface area contributed by atoms with E-state index in [9.17, 15) is 12.8 Å². The Morgan fingerprint density at radius 1 is 1.29 bits per heavy atom. The highest BCUT2D eigenvalue weighted by atomic mass is 32.2. The number of halogens is 1. The zero-order valence-corrected chi connectivity index (χ0v) is 13.2. The number of nitrogens with zero attached hydrogens (tertiary/aromatic N) is 2. The standard InChI is InChI=1S/C15H21FN2O2S/c1-11-5-6-13(16)8-15(11)21(19,20)18-10-14-4-3-7-17(14)9-12(18)2/h5-6,8,12,14H,3-4,7,9-10H2,1-2H3. The molecule has 1 aromatic carbocycles. The first-order chi connectivity index (χ1) is 9.89. The minimum absolute atomic E-state index is 0.0768. The van der Waals surface area contributed by atoms with E-state index in [-0.39, 0.29) is 10.9 Å². The van der Waals surface area contributed by atoms with Crippen LogP contribution in [0.3, 0.4) is 0 Å². The van der Waals surface area contributed by atoms with Crippen molar-refractivity contribution in [1.29, 1.82) is 0 Å². The maximum atomic E-state index is 13.5. The van der Waals surface area contributed by atoms with E-state index in [2.05, 4.69) is 4.90 Å². The van der Waals surface area contributed by atoms with Gasteiger partial charge in [0.05, 0.1) is 4.90 Å². The number of piperazine rings is 1. The van der Waals surface area contributed by atoms with Crippen LogP contribution in [-0.4, -0.2) is 49.3 Å². The Balaban J connectivity index is 1.95. The predicted molar refractivity (Wildman–Crippen MR) is 79.1 cm³/mol. The first-order valence-corrected chi connectivity index (χ1v) is 8.85. The summed E-state index contributed by atoms with van der Waals surface area (Å²) in [6.07, 6.45) is 2.17. The van der Waals surface area contributed by atoms with Gasteiger partial charge in [0.2, 0.25) is 10.0 Å². The van der Waals surface area contributed by atoms with Gasteiger partial charge in [-0.2, -0.15) is 4.31 Å². The molecule has 0 amide bonds. The second-order valence-corrected chi connectivity index (χ2v) is 7.98. The maximum absolute atomic E-state index is 13.5. The third-order valence-corrected chi connectivity index (χ3v) is 6.74. The zero-order valence-electron chi connectivity index (χ0n) is 12.4. The van der Waals surface area contributed by atoms with E-state index in [0.29, 0.717) is 18.2 Å². The number of aryl methyl sites for hydroxylation is 1. The lowest BCUT2D eigenvalue weighted by molar-refractivity contribution is 0.117. The van der Waals surface area contributed by atoms with Gasteiger partial charge in [0.15, 0.2) is 0 Å². The number of benzene rings is 1. The van der Waals surface area contributed by atoms with E-state index in [1.54, 1.807) is 11.2 Å². The molecule has 2 heterocycles. The summed E-state index contributed by atoms with van der Waals surface area (Å²) in [5.41, 5.74) is 0.595. The van der Waals surface area contributed by atoms with Crippen molar-refractivity contribution in [2.24, 2.45) is 0 Å². The molecular weight excluding hydrogens is 291 g/mol. The van der Waals surface area contributed by atoms with Gasteiger partial charge in [-0.05, 0) is 50.9 Å². The second-order valence-electron chi connectivity index (χ2n) is 6.12. The van der Waals surface area contributed by atoms with Gasteiger partial charge >= 0.3 is 0 Å². The molecule has 2 unspecified atom stereocenters. The Morgan fingerprint density at radius 3 is 2.81 bits per heavy atom. The van der Waals surface area contributed by atoms with Gasteiger partial charge in [-0.3, -0.25) is 4.90 Å². The van der Waals surface area contributed by atoms with Crippen LogP contribution in [0.5, 0.6) is 0 Å². The fourth-order valence-electron chi connectivity index (χ4n) is 3.47. The van der Waals surface area contributed by atoms with Crippen molar-refractivity contribution in [1.82, 2.24) is 9.21 Å². The third-order valence-electron chi connectivity index (χ3n) is 4.62. The first kappa shape index (κ1) is 14.9. The molecule has 1 aromatic rings. The van der Waals surface area contributed by atoms with Crippen molar-refractivity contribution in [3.8, 4) is 0 Å². The van der Waals surface area contributed by atoms with Gasteiger partial charge < -0.3 is 0 Å². The van der Waals surface area contributed by atoms with E-state index in [1.807, 2.05) is 6.92 Å². The van der Waals surface area contributed by atoms with Crippen LogP contribution >= 0.6 is 0 Å². The highest BCUT2D eigenvalue weighted by molar-refractivity contribution is 7.89. The van der Waals surface area contributed by atoms with Gasteiger partial charge in [0, 0.05) is 25.2 Å². The molecule has 0 spiro atoms. The minimum atomic E-state index is -3.64. The molecule has 6 heteroatoms. The lowest BCUT2D eigenvalue weighted by Gasteiger charge is -2.41. The van der Waals surface area contributed by atoms with E-state index >= 15 is 0 Å².